The molecular formula is C29H46O. The van der Waals surface area contributed by atoms with Gasteiger partial charge >= 0.3 is 0 Å². The van der Waals surface area contributed by atoms with E-state index in [4.69, 9.17) is 0 Å². The van der Waals surface area contributed by atoms with Crippen LogP contribution in [-0.4, -0.2) is 6.29 Å². The lowest BCUT2D eigenvalue weighted by molar-refractivity contribution is -0.110. The zero-order valence-corrected chi connectivity index (χ0v) is 20.3. The maximum atomic E-state index is 11.1. The van der Waals surface area contributed by atoms with Crippen molar-refractivity contribution < 1.29 is 4.79 Å². The van der Waals surface area contributed by atoms with Crippen molar-refractivity contribution in [3.63, 3.8) is 0 Å². The predicted molar refractivity (Wildman–Crippen MR) is 127 cm³/mol. The number of allylic oxidation sites excluding steroid dienone is 4. The first-order valence-electron chi connectivity index (χ1n) is 13.0. The van der Waals surface area contributed by atoms with Gasteiger partial charge in [0.15, 0.2) is 0 Å². The molecular weight excluding hydrogens is 364 g/mol. The third-order valence-electron chi connectivity index (χ3n) is 10.6. The summed E-state index contributed by atoms with van der Waals surface area (Å²) in [5.74, 6) is 5.69. The van der Waals surface area contributed by atoms with Gasteiger partial charge in [-0.3, -0.25) is 0 Å². The van der Waals surface area contributed by atoms with Gasteiger partial charge in [0, 0.05) is 6.42 Å². The van der Waals surface area contributed by atoms with Gasteiger partial charge < -0.3 is 4.79 Å². The molecule has 0 aromatic rings. The fourth-order valence-corrected chi connectivity index (χ4v) is 8.86. The number of hydrogen-bond acceptors (Lipinski definition) is 1. The Bertz CT molecular complexity index is 684. The minimum Gasteiger partial charge on any atom is -0.303 e. The molecule has 4 aliphatic carbocycles. The molecule has 30 heavy (non-hydrogen) atoms. The second-order valence-electron chi connectivity index (χ2n) is 12.4. The summed E-state index contributed by atoms with van der Waals surface area (Å²) in [7, 11) is 0. The molecule has 1 nitrogen and oxygen atoms in total. The van der Waals surface area contributed by atoms with Crippen LogP contribution < -0.4 is 0 Å². The van der Waals surface area contributed by atoms with Gasteiger partial charge in [0.05, 0.1) is 0 Å². The Morgan fingerprint density at radius 2 is 1.77 bits per heavy atom. The van der Waals surface area contributed by atoms with E-state index in [0.29, 0.717) is 22.7 Å². The second-order valence-corrected chi connectivity index (χ2v) is 12.4. The molecule has 0 aromatic heterocycles. The molecule has 0 N–H and O–H groups in total. The number of hydrogen-bond donors (Lipinski definition) is 0. The third-order valence-corrected chi connectivity index (χ3v) is 10.6. The molecule has 0 saturated heterocycles. The standard InChI is InChI=1S/C29H46O/c1-20(2)7-6-8-21(3)25-11-12-26-24-10-9-23-19-22(15-18-30)13-16-28(23,4)27(24)14-17-29(25,26)5/h7,9-10,18,21-27H,6,8,11-17,19H2,1-5H3. The van der Waals surface area contributed by atoms with Crippen LogP contribution in [0.4, 0.5) is 0 Å². The molecule has 0 amide bonds. The molecule has 3 saturated carbocycles. The van der Waals surface area contributed by atoms with Crippen LogP contribution in [0.25, 0.3) is 0 Å². The molecule has 0 aliphatic heterocycles. The summed E-state index contributed by atoms with van der Waals surface area (Å²) in [5, 5.41) is 0. The topological polar surface area (TPSA) is 17.1 Å². The van der Waals surface area contributed by atoms with E-state index in [9.17, 15) is 4.79 Å². The first-order chi connectivity index (χ1) is 14.3. The minimum absolute atomic E-state index is 0.479. The molecule has 0 bridgehead atoms. The number of carbonyl (C=O) groups excluding carboxylic acids is 1. The second kappa shape index (κ2) is 8.59. The molecule has 1 heteroatoms. The number of rotatable bonds is 6. The molecule has 168 valence electrons. The van der Waals surface area contributed by atoms with Gasteiger partial charge in [-0.2, -0.15) is 0 Å². The quantitative estimate of drug-likeness (QED) is 0.320. The van der Waals surface area contributed by atoms with Crippen molar-refractivity contribution in [2.45, 2.75) is 98.8 Å². The molecule has 9 unspecified atom stereocenters. The maximum Gasteiger partial charge on any atom is 0.120 e. The Balaban J connectivity index is 1.50. The highest BCUT2D eigenvalue weighted by atomic mass is 16.1. The normalized spacial score (nSPS) is 45.8. The van der Waals surface area contributed by atoms with Crippen molar-refractivity contribution in [1.29, 1.82) is 0 Å². The lowest BCUT2D eigenvalue weighted by atomic mass is 9.45. The van der Waals surface area contributed by atoms with E-state index in [1.165, 1.54) is 63.4 Å². The highest BCUT2D eigenvalue weighted by Gasteiger charge is 2.59. The van der Waals surface area contributed by atoms with E-state index in [1.807, 2.05) is 0 Å². The largest absolute Gasteiger partial charge is 0.303 e. The van der Waals surface area contributed by atoms with Crippen molar-refractivity contribution >= 4 is 6.29 Å². The zero-order chi connectivity index (χ0) is 21.5. The van der Waals surface area contributed by atoms with Crippen molar-refractivity contribution in [3.8, 4) is 0 Å². The molecule has 0 aromatic carbocycles. The Labute approximate surface area is 186 Å². The van der Waals surface area contributed by atoms with Crippen LogP contribution in [0.15, 0.2) is 23.8 Å². The van der Waals surface area contributed by atoms with Crippen LogP contribution in [0.3, 0.4) is 0 Å². The Hall–Kier alpha value is -0.850. The summed E-state index contributed by atoms with van der Waals surface area (Å²) >= 11 is 0. The summed E-state index contributed by atoms with van der Waals surface area (Å²) in [4.78, 5) is 11.1. The maximum absolute atomic E-state index is 11.1. The fraction of sp³-hybridized carbons (Fsp3) is 0.828. The summed E-state index contributed by atoms with van der Waals surface area (Å²) < 4.78 is 0. The average molecular weight is 411 g/mol. The highest BCUT2D eigenvalue weighted by molar-refractivity contribution is 5.49. The summed E-state index contributed by atoms with van der Waals surface area (Å²) in [6.45, 7) is 12.3. The van der Waals surface area contributed by atoms with Gasteiger partial charge in [-0.05, 0) is 124 Å². The van der Waals surface area contributed by atoms with E-state index in [1.54, 1.807) is 0 Å². The van der Waals surface area contributed by atoms with E-state index in [-0.39, 0.29) is 0 Å². The monoisotopic (exact) mass is 410 g/mol. The summed E-state index contributed by atoms with van der Waals surface area (Å²) in [5.41, 5.74) is 2.50. The van der Waals surface area contributed by atoms with Crippen LogP contribution in [0.2, 0.25) is 0 Å². The van der Waals surface area contributed by atoms with Gasteiger partial charge in [0.25, 0.3) is 0 Å². The van der Waals surface area contributed by atoms with Gasteiger partial charge in [-0.15, -0.1) is 0 Å². The lowest BCUT2D eigenvalue weighted by Crippen LogP contribution is -2.52. The highest BCUT2D eigenvalue weighted by Crippen LogP contribution is 2.67. The average Bonchev–Trinajstić information content (AvgIpc) is 3.05. The molecule has 0 heterocycles. The number of carbonyl (C=O) groups is 1. The first kappa shape index (κ1) is 22.3. The van der Waals surface area contributed by atoms with Crippen LogP contribution in [0.5, 0.6) is 0 Å². The van der Waals surface area contributed by atoms with Gasteiger partial charge in [-0.25, -0.2) is 0 Å². The van der Waals surface area contributed by atoms with Crippen LogP contribution in [0.1, 0.15) is 98.8 Å². The van der Waals surface area contributed by atoms with Crippen molar-refractivity contribution in [1.82, 2.24) is 0 Å². The molecule has 0 spiro atoms. The Kier molecular flexibility index (Phi) is 6.40. The molecule has 4 rings (SSSR count). The van der Waals surface area contributed by atoms with Gasteiger partial charge in [0.2, 0.25) is 0 Å². The molecule has 0 radical (unpaired) electrons. The van der Waals surface area contributed by atoms with Crippen molar-refractivity contribution in [3.05, 3.63) is 23.8 Å². The lowest BCUT2D eigenvalue weighted by Gasteiger charge is -2.59. The van der Waals surface area contributed by atoms with Crippen molar-refractivity contribution in [2.75, 3.05) is 0 Å². The smallest absolute Gasteiger partial charge is 0.120 e. The number of aldehydes is 1. The van der Waals surface area contributed by atoms with Crippen LogP contribution in [-0.2, 0) is 4.79 Å². The fourth-order valence-electron chi connectivity index (χ4n) is 8.86. The van der Waals surface area contributed by atoms with Crippen molar-refractivity contribution in [2.24, 2.45) is 52.3 Å². The number of fused-ring (bicyclic) bond motifs is 5. The summed E-state index contributed by atoms with van der Waals surface area (Å²) in [6, 6.07) is 0. The third kappa shape index (κ3) is 3.77. The zero-order valence-electron chi connectivity index (χ0n) is 20.3. The van der Waals surface area contributed by atoms with E-state index < -0.39 is 0 Å². The SMILES string of the molecule is CC(C)=CCCC(C)C1CCC2C3C=CC4CC(CC=O)CCC4(C)C3CCC12C. The predicted octanol–water partition coefficient (Wildman–Crippen LogP) is 8.01. The first-order valence-corrected chi connectivity index (χ1v) is 13.0. The van der Waals surface area contributed by atoms with E-state index >= 15 is 0 Å². The molecule has 9 atom stereocenters. The molecule has 3 fully saturated rings. The van der Waals surface area contributed by atoms with Gasteiger partial charge in [0.1, 0.15) is 6.29 Å². The Morgan fingerprint density at radius 1 is 1.03 bits per heavy atom. The van der Waals surface area contributed by atoms with Crippen LogP contribution in [0, 0.1) is 52.3 Å². The minimum atomic E-state index is 0.479. The Morgan fingerprint density at radius 3 is 2.50 bits per heavy atom. The van der Waals surface area contributed by atoms with E-state index in [0.717, 1.165) is 42.3 Å². The molecule has 4 aliphatic rings. The van der Waals surface area contributed by atoms with Gasteiger partial charge in [-0.1, -0.05) is 44.6 Å². The van der Waals surface area contributed by atoms with E-state index in [2.05, 4.69) is 52.8 Å². The van der Waals surface area contributed by atoms with Crippen LogP contribution >= 0.6 is 0 Å². The summed E-state index contributed by atoms with van der Waals surface area (Å²) in [6.07, 6.45) is 22.0.